The summed E-state index contributed by atoms with van der Waals surface area (Å²) in [4.78, 5) is 11.1. The van der Waals surface area contributed by atoms with Crippen LogP contribution in [0.25, 0.3) is 0 Å². The maximum Gasteiger partial charge on any atom is 0.224 e. The van der Waals surface area contributed by atoms with Crippen LogP contribution in [0, 0.1) is 13.8 Å². The molecule has 13 heavy (non-hydrogen) atoms. The maximum atomic E-state index is 11.1. The molecule has 0 aliphatic heterocycles. The molecule has 1 N–H and O–H groups in total. The molecule has 0 aliphatic rings. The Balaban J connectivity index is 2.79. The van der Waals surface area contributed by atoms with Crippen LogP contribution in [0.4, 0.5) is 5.69 Å². The summed E-state index contributed by atoms with van der Waals surface area (Å²) in [6.07, 6.45) is 0.521. The van der Waals surface area contributed by atoms with Gasteiger partial charge in [0.15, 0.2) is 0 Å². The third-order valence-corrected chi connectivity index (χ3v) is 2.11. The van der Waals surface area contributed by atoms with Crippen LogP contribution in [0.1, 0.15) is 24.5 Å². The smallest absolute Gasteiger partial charge is 0.224 e. The second-order valence-corrected chi connectivity index (χ2v) is 3.20. The summed E-state index contributed by atoms with van der Waals surface area (Å²) in [7, 11) is 0. The van der Waals surface area contributed by atoms with E-state index < -0.39 is 0 Å². The number of carbonyl (C=O) groups is 1. The van der Waals surface area contributed by atoms with Crippen LogP contribution in [-0.2, 0) is 4.79 Å². The number of amides is 1. The number of anilines is 1. The Morgan fingerprint density at radius 2 is 2.00 bits per heavy atom. The van der Waals surface area contributed by atoms with Gasteiger partial charge in [-0.1, -0.05) is 13.0 Å². The minimum Gasteiger partial charge on any atom is -0.326 e. The number of hydrogen-bond donors (Lipinski definition) is 1. The van der Waals surface area contributed by atoms with Crippen LogP contribution in [0.2, 0.25) is 0 Å². The summed E-state index contributed by atoms with van der Waals surface area (Å²) < 4.78 is 0. The van der Waals surface area contributed by atoms with Gasteiger partial charge in [0.25, 0.3) is 0 Å². The Morgan fingerprint density at radius 1 is 1.31 bits per heavy atom. The van der Waals surface area contributed by atoms with Gasteiger partial charge in [0, 0.05) is 12.1 Å². The van der Waals surface area contributed by atoms with Crippen molar-refractivity contribution in [3.8, 4) is 0 Å². The summed E-state index contributed by atoms with van der Waals surface area (Å²) in [5.74, 6) is 0.0586. The molecule has 2 nitrogen and oxygen atoms in total. The molecule has 1 amide bonds. The highest BCUT2D eigenvalue weighted by Crippen LogP contribution is 2.13. The summed E-state index contributed by atoms with van der Waals surface area (Å²) >= 11 is 0. The molecule has 0 heterocycles. The van der Waals surface area contributed by atoms with Gasteiger partial charge >= 0.3 is 0 Å². The molecule has 0 fully saturated rings. The molecule has 2 heteroatoms. The van der Waals surface area contributed by atoms with Crippen LogP contribution in [0.5, 0.6) is 0 Å². The lowest BCUT2D eigenvalue weighted by Gasteiger charge is -2.05. The van der Waals surface area contributed by atoms with E-state index in [-0.39, 0.29) is 5.91 Å². The summed E-state index contributed by atoms with van der Waals surface area (Å²) in [6, 6.07) is 5.93. The summed E-state index contributed by atoms with van der Waals surface area (Å²) in [5.41, 5.74) is 3.33. The number of hydrogen-bond acceptors (Lipinski definition) is 1. The van der Waals surface area contributed by atoms with Gasteiger partial charge in [-0.15, -0.1) is 0 Å². The molecule has 0 spiro atoms. The van der Waals surface area contributed by atoms with Crippen LogP contribution in [0.15, 0.2) is 18.2 Å². The van der Waals surface area contributed by atoms with Gasteiger partial charge in [0.1, 0.15) is 0 Å². The molecule has 0 radical (unpaired) electrons. The molecular formula is C11H15NO. The SMILES string of the molecule is CCC(=O)Nc1ccc(C)c(C)c1. The number of aryl methyl sites for hydroxylation is 2. The molecule has 70 valence electrons. The number of benzene rings is 1. The molecule has 0 atom stereocenters. The fraction of sp³-hybridized carbons (Fsp3) is 0.364. The van der Waals surface area contributed by atoms with Crippen molar-refractivity contribution < 1.29 is 4.79 Å². The van der Waals surface area contributed by atoms with Gasteiger partial charge < -0.3 is 5.32 Å². The van der Waals surface area contributed by atoms with Crippen molar-refractivity contribution in [1.29, 1.82) is 0 Å². The Labute approximate surface area is 79.0 Å². The Bertz CT molecular complexity index is 318. The standard InChI is InChI=1S/C11H15NO/c1-4-11(13)12-10-6-5-8(2)9(3)7-10/h5-7H,4H2,1-3H3,(H,12,13). The first-order valence-corrected chi connectivity index (χ1v) is 4.50. The van der Waals surface area contributed by atoms with Crippen molar-refractivity contribution in [2.75, 3.05) is 5.32 Å². The van der Waals surface area contributed by atoms with Gasteiger partial charge in [0.2, 0.25) is 5.91 Å². The zero-order chi connectivity index (χ0) is 9.84. The molecule has 0 unspecified atom stereocenters. The van der Waals surface area contributed by atoms with E-state index in [1.807, 2.05) is 32.0 Å². The fourth-order valence-electron chi connectivity index (χ4n) is 1.07. The number of rotatable bonds is 2. The van der Waals surface area contributed by atoms with E-state index in [9.17, 15) is 4.79 Å². The highest BCUT2D eigenvalue weighted by Gasteiger charge is 1.99. The van der Waals surface area contributed by atoms with E-state index >= 15 is 0 Å². The molecule has 0 aromatic heterocycles. The minimum absolute atomic E-state index is 0.0586. The van der Waals surface area contributed by atoms with Crippen LogP contribution < -0.4 is 5.32 Å². The second kappa shape index (κ2) is 4.08. The zero-order valence-corrected chi connectivity index (χ0v) is 8.35. The summed E-state index contributed by atoms with van der Waals surface area (Å²) in [5, 5.41) is 2.82. The quantitative estimate of drug-likeness (QED) is 0.739. The van der Waals surface area contributed by atoms with Crippen molar-refractivity contribution >= 4 is 11.6 Å². The normalized spacial score (nSPS) is 9.77. The highest BCUT2D eigenvalue weighted by molar-refractivity contribution is 5.90. The topological polar surface area (TPSA) is 29.1 Å². The van der Waals surface area contributed by atoms with Crippen molar-refractivity contribution in [1.82, 2.24) is 0 Å². The summed E-state index contributed by atoms with van der Waals surface area (Å²) in [6.45, 7) is 5.94. The predicted octanol–water partition coefficient (Wildman–Crippen LogP) is 2.65. The minimum atomic E-state index is 0.0586. The van der Waals surface area contributed by atoms with Crippen molar-refractivity contribution in [2.24, 2.45) is 0 Å². The first-order chi connectivity index (χ1) is 6.13. The molecule has 1 rings (SSSR count). The van der Waals surface area contributed by atoms with Gasteiger partial charge in [-0.3, -0.25) is 4.79 Å². The lowest BCUT2D eigenvalue weighted by atomic mass is 10.1. The fourth-order valence-corrected chi connectivity index (χ4v) is 1.07. The van der Waals surface area contributed by atoms with Gasteiger partial charge in [-0.2, -0.15) is 0 Å². The first-order valence-electron chi connectivity index (χ1n) is 4.50. The van der Waals surface area contributed by atoms with E-state index in [1.54, 1.807) is 0 Å². The first kappa shape index (κ1) is 9.78. The van der Waals surface area contributed by atoms with Crippen molar-refractivity contribution in [3.63, 3.8) is 0 Å². The Hall–Kier alpha value is -1.31. The van der Waals surface area contributed by atoms with E-state index in [0.717, 1.165) is 5.69 Å². The van der Waals surface area contributed by atoms with Gasteiger partial charge in [-0.25, -0.2) is 0 Å². The highest BCUT2D eigenvalue weighted by atomic mass is 16.1. The lowest BCUT2D eigenvalue weighted by molar-refractivity contribution is -0.115. The molecule has 0 saturated carbocycles. The van der Waals surface area contributed by atoms with E-state index in [0.29, 0.717) is 6.42 Å². The molecule has 0 bridgehead atoms. The average Bonchev–Trinajstić information content (AvgIpc) is 2.11. The van der Waals surface area contributed by atoms with Crippen molar-refractivity contribution in [3.05, 3.63) is 29.3 Å². The average molecular weight is 177 g/mol. The molecule has 0 aliphatic carbocycles. The Kier molecular flexibility index (Phi) is 3.07. The monoisotopic (exact) mass is 177 g/mol. The predicted molar refractivity (Wildman–Crippen MR) is 54.8 cm³/mol. The van der Waals surface area contributed by atoms with Crippen LogP contribution in [0.3, 0.4) is 0 Å². The third kappa shape index (κ3) is 2.58. The maximum absolute atomic E-state index is 11.1. The second-order valence-electron chi connectivity index (χ2n) is 3.20. The lowest BCUT2D eigenvalue weighted by Crippen LogP contribution is -2.09. The molecule has 0 saturated heterocycles. The molecular weight excluding hydrogens is 162 g/mol. The van der Waals surface area contributed by atoms with E-state index in [2.05, 4.69) is 12.2 Å². The number of nitrogens with one attached hydrogen (secondary N) is 1. The molecule has 1 aromatic rings. The van der Waals surface area contributed by atoms with Gasteiger partial charge in [-0.05, 0) is 37.1 Å². The third-order valence-electron chi connectivity index (χ3n) is 2.11. The van der Waals surface area contributed by atoms with Crippen molar-refractivity contribution in [2.45, 2.75) is 27.2 Å². The Morgan fingerprint density at radius 3 is 2.54 bits per heavy atom. The van der Waals surface area contributed by atoms with E-state index in [4.69, 9.17) is 0 Å². The zero-order valence-electron chi connectivity index (χ0n) is 8.35. The van der Waals surface area contributed by atoms with E-state index in [1.165, 1.54) is 11.1 Å². The van der Waals surface area contributed by atoms with Crippen LogP contribution in [-0.4, -0.2) is 5.91 Å². The molecule has 1 aromatic carbocycles. The largest absolute Gasteiger partial charge is 0.326 e. The number of carbonyl (C=O) groups excluding carboxylic acids is 1. The van der Waals surface area contributed by atoms with Gasteiger partial charge in [0.05, 0.1) is 0 Å². The van der Waals surface area contributed by atoms with Crippen LogP contribution >= 0.6 is 0 Å².